The first kappa shape index (κ1) is 18.0. The fourth-order valence-corrected chi connectivity index (χ4v) is 3.51. The monoisotopic (exact) mass is 316 g/mol. The number of phenolic OH excluding ortho intramolecular Hbond substituents is 1. The van der Waals surface area contributed by atoms with E-state index in [1.165, 1.54) is 5.56 Å². The Morgan fingerprint density at radius 2 is 1.52 bits per heavy atom. The summed E-state index contributed by atoms with van der Waals surface area (Å²) in [6, 6.07) is 4.24. The van der Waals surface area contributed by atoms with Crippen LogP contribution in [0.25, 0.3) is 0 Å². The molecule has 1 N–H and O–H groups in total. The fourth-order valence-electron chi connectivity index (χ4n) is 3.51. The van der Waals surface area contributed by atoms with Gasteiger partial charge in [0.15, 0.2) is 0 Å². The maximum absolute atomic E-state index is 12.2. The Labute approximate surface area is 141 Å². The van der Waals surface area contributed by atoms with Crippen molar-refractivity contribution < 1.29 is 9.90 Å². The number of hydrogen-bond acceptors (Lipinski definition) is 2. The standard InChI is InChI=1S/C21H32O2/c1-20(2,3)16-12-14(11-15-9-7-8-10-18(15)22)13-17(19(16)23)21(4,5)6/h12-13,15,23H,7-11H2,1-6H3. The van der Waals surface area contributed by atoms with Crippen LogP contribution in [0.2, 0.25) is 0 Å². The van der Waals surface area contributed by atoms with Crippen molar-refractivity contribution in [1.29, 1.82) is 0 Å². The third-order valence-electron chi connectivity index (χ3n) is 4.95. The van der Waals surface area contributed by atoms with Crippen LogP contribution in [0.15, 0.2) is 12.1 Å². The van der Waals surface area contributed by atoms with Crippen molar-refractivity contribution >= 4 is 5.78 Å². The highest BCUT2D eigenvalue weighted by Gasteiger charge is 2.28. The summed E-state index contributed by atoms with van der Waals surface area (Å²) in [7, 11) is 0. The summed E-state index contributed by atoms with van der Waals surface area (Å²) in [4.78, 5) is 12.2. The third-order valence-corrected chi connectivity index (χ3v) is 4.95. The van der Waals surface area contributed by atoms with E-state index in [2.05, 4.69) is 53.7 Å². The van der Waals surface area contributed by atoms with Crippen LogP contribution in [-0.4, -0.2) is 10.9 Å². The molecule has 128 valence electrons. The molecule has 0 heterocycles. The molecule has 1 aromatic rings. The fraction of sp³-hybridized carbons (Fsp3) is 0.667. The second kappa shape index (κ2) is 6.30. The largest absolute Gasteiger partial charge is 0.507 e. The quantitative estimate of drug-likeness (QED) is 0.805. The van der Waals surface area contributed by atoms with Crippen molar-refractivity contribution in [3.63, 3.8) is 0 Å². The number of rotatable bonds is 2. The lowest BCUT2D eigenvalue weighted by atomic mass is 9.76. The van der Waals surface area contributed by atoms with Gasteiger partial charge in [0.2, 0.25) is 0 Å². The van der Waals surface area contributed by atoms with E-state index < -0.39 is 0 Å². The zero-order valence-electron chi connectivity index (χ0n) is 15.6. The third kappa shape index (κ3) is 4.16. The molecule has 0 aromatic heterocycles. The van der Waals surface area contributed by atoms with Crippen LogP contribution < -0.4 is 0 Å². The smallest absolute Gasteiger partial charge is 0.136 e. The SMILES string of the molecule is CC(C)(C)c1cc(CC2CCCCC2=O)cc(C(C)(C)C)c1O. The van der Waals surface area contributed by atoms with Gasteiger partial charge in [-0.15, -0.1) is 0 Å². The van der Waals surface area contributed by atoms with Gasteiger partial charge < -0.3 is 5.11 Å². The highest BCUT2D eigenvalue weighted by molar-refractivity contribution is 5.81. The van der Waals surface area contributed by atoms with Gasteiger partial charge >= 0.3 is 0 Å². The summed E-state index contributed by atoms with van der Waals surface area (Å²) >= 11 is 0. The second-order valence-electron chi connectivity index (χ2n) is 9.15. The molecule has 0 aliphatic heterocycles. The normalized spacial score (nSPS) is 19.9. The molecule has 1 aliphatic carbocycles. The number of benzene rings is 1. The first-order valence-corrected chi connectivity index (χ1v) is 8.89. The Kier molecular flexibility index (Phi) is 4.94. The van der Waals surface area contributed by atoms with Gasteiger partial charge in [0.05, 0.1) is 0 Å². The Bertz CT molecular complexity index is 550. The molecule has 1 saturated carbocycles. The van der Waals surface area contributed by atoms with Gasteiger partial charge in [0, 0.05) is 12.3 Å². The molecule has 1 fully saturated rings. The Morgan fingerprint density at radius 3 is 1.96 bits per heavy atom. The second-order valence-corrected chi connectivity index (χ2v) is 9.15. The summed E-state index contributed by atoms with van der Waals surface area (Å²) < 4.78 is 0. The number of hydrogen-bond donors (Lipinski definition) is 1. The minimum atomic E-state index is -0.114. The number of carbonyl (C=O) groups excluding carboxylic acids is 1. The van der Waals surface area contributed by atoms with E-state index in [1.807, 2.05) is 0 Å². The van der Waals surface area contributed by atoms with E-state index in [0.29, 0.717) is 11.5 Å². The minimum absolute atomic E-state index is 0.114. The molecule has 0 spiro atoms. The predicted molar refractivity (Wildman–Crippen MR) is 96.2 cm³/mol. The topological polar surface area (TPSA) is 37.3 Å². The zero-order chi connectivity index (χ0) is 17.4. The van der Waals surface area contributed by atoms with Crippen LogP contribution in [0, 0.1) is 5.92 Å². The van der Waals surface area contributed by atoms with E-state index in [4.69, 9.17) is 0 Å². The highest BCUT2D eigenvalue weighted by atomic mass is 16.3. The number of carbonyl (C=O) groups is 1. The summed E-state index contributed by atoms with van der Waals surface area (Å²) in [5.74, 6) is 0.997. The van der Waals surface area contributed by atoms with Crippen molar-refractivity contribution in [2.75, 3.05) is 0 Å². The lowest BCUT2D eigenvalue weighted by Gasteiger charge is -2.29. The van der Waals surface area contributed by atoms with Crippen LogP contribution in [0.5, 0.6) is 5.75 Å². The summed E-state index contributed by atoms with van der Waals surface area (Å²) in [6.07, 6.45) is 4.76. The molecular weight excluding hydrogens is 284 g/mol. The molecule has 1 aromatic carbocycles. The van der Waals surface area contributed by atoms with Crippen LogP contribution in [0.4, 0.5) is 0 Å². The predicted octanol–water partition coefficient (Wildman–Crippen LogP) is 5.29. The summed E-state index contributed by atoms with van der Waals surface area (Å²) in [6.45, 7) is 12.8. The van der Waals surface area contributed by atoms with Gasteiger partial charge in [-0.2, -0.15) is 0 Å². The highest BCUT2D eigenvalue weighted by Crippen LogP contribution is 2.40. The Hall–Kier alpha value is -1.31. The molecule has 2 rings (SSSR count). The first-order valence-electron chi connectivity index (χ1n) is 8.89. The molecule has 1 atom stereocenters. The molecule has 0 bridgehead atoms. The van der Waals surface area contributed by atoms with Crippen molar-refractivity contribution in [2.24, 2.45) is 5.92 Å². The lowest BCUT2D eigenvalue weighted by Crippen LogP contribution is -2.22. The van der Waals surface area contributed by atoms with Gasteiger partial charge in [0.25, 0.3) is 0 Å². The molecule has 0 radical (unpaired) electrons. The van der Waals surface area contributed by atoms with E-state index in [1.54, 1.807) is 0 Å². The first-order chi connectivity index (χ1) is 10.5. The molecule has 1 unspecified atom stereocenters. The number of aromatic hydroxyl groups is 1. The molecule has 2 heteroatoms. The van der Waals surface area contributed by atoms with Crippen LogP contribution >= 0.6 is 0 Å². The Morgan fingerprint density at radius 1 is 1.00 bits per heavy atom. The van der Waals surface area contributed by atoms with Gasteiger partial charge in [-0.3, -0.25) is 4.79 Å². The number of phenols is 1. The number of Topliss-reactive ketones (excluding diaryl/α,β-unsaturated/α-hetero) is 1. The summed E-state index contributed by atoms with van der Waals surface area (Å²) in [5.41, 5.74) is 2.94. The lowest BCUT2D eigenvalue weighted by molar-refractivity contribution is -0.124. The van der Waals surface area contributed by atoms with E-state index >= 15 is 0 Å². The van der Waals surface area contributed by atoms with E-state index in [9.17, 15) is 9.90 Å². The van der Waals surface area contributed by atoms with Crippen molar-refractivity contribution in [3.8, 4) is 5.75 Å². The molecule has 0 saturated heterocycles. The van der Waals surface area contributed by atoms with Gasteiger partial charge in [-0.05, 0) is 46.8 Å². The zero-order valence-corrected chi connectivity index (χ0v) is 15.6. The van der Waals surface area contributed by atoms with Gasteiger partial charge in [0.1, 0.15) is 11.5 Å². The number of ketones is 1. The molecule has 0 amide bonds. The maximum Gasteiger partial charge on any atom is 0.136 e. The van der Waals surface area contributed by atoms with Crippen molar-refractivity contribution in [2.45, 2.75) is 84.5 Å². The van der Waals surface area contributed by atoms with Crippen LogP contribution in [0.3, 0.4) is 0 Å². The van der Waals surface area contributed by atoms with Crippen molar-refractivity contribution in [1.82, 2.24) is 0 Å². The van der Waals surface area contributed by atoms with E-state index in [0.717, 1.165) is 43.2 Å². The van der Waals surface area contributed by atoms with Crippen molar-refractivity contribution in [3.05, 3.63) is 28.8 Å². The molecular formula is C21H32O2. The molecule has 1 aliphatic rings. The van der Waals surface area contributed by atoms with Crippen LogP contribution in [0.1, 0.15) is 83.9 Å². The Balaban J connectivity index is 2.45. The maximum atomic E-state index is 12.2. The minimum Gasteiger partial charge on any atom is -0.507 e. The van der Waals surface area contributed by atoms with Gasteiger partial charge in [-0.1, -0.05) is 60.1 Å². The molecule has 2 nitrogen and oxygen atoms in total. The summed E-state index contributed by atoms with van der Waals surface area (Å²) in [5, 5.41) is 10.8. The van der Waals surface area contributed by atoms with Crippen LogP contribution in [-0.2, 0) is 22.0 Å². The average molecular weight is 316 g/mol. The van der Waals surface area contributed by atoms with E-state index in [-0.39, 0.29) is 16.7 Å². The van der Waals surface area contributed by atoms with Gasteiger partial charge in [-0.25, -0.2) is 0 Å². The average Bonchev–Trinajstić information content (AvgIpc) is 2.40. The molecule has 23 heavy (non-hydrogen) atoms.